The molecule has 4 aromatic carbocycles. The van der Waals surface area contributed by atoms with Crippen molar-refractivity contribution in [1.82, 2.24) is 4.90 Å². The molecule has 1 aliphatic rings. The minimum Gasteiger partial charge on any atom is -0.478 e. The summed E-state index contributed by atoms with van der Waals surface area (Å²) in [5.41, 5.74) is 1.68. The van der Waals surface area contributed by atoms with E-state index in [4.69, 9.17) is 5.11 Å². The van der Waals surface area contributed by atoms with Crippen LogP contribution < -0.4 is 10.2 Å². The number of halogens is 2. The third kappa shape index (κ3) is 5.15. The van der Waals surface area contributed by atoms with Crippen molar-refractivity contribution in [2.24, 2.45) is 0 Å². The van der Waals surface area contributed by atoms with Crippen LogP contribution in [0.1, 0.15) is 35.3 Å². The fraction of sp³-hybridized carbons (Fsp3) is 0.125. The van der Waals surface area contributed by atoms with Crippen LogP contribution in [0.4, 0.5) is 30.6 Å². The van der Waals surface area contributed by atoms with Gasteiger partial charge in [-0.1, -0.05) is 18.2 Å². The van der Waals surface area contributed by atoms with Gasteiger partial charge in [-0.05, 0) is 91.7 Å². The predicted molar refractivity (Wildman–Crippen MR) is 152 cm³/mol. The summed E-state index contributed by atoms with van der Waals surface area (Å²) in [5, 5.41) is 21.8. The molecule has 1 aliphatic heterocycles. The van der Waals surface area contributed by atoms with E-state index >= 15 is 0 Å². The van der Waals surface area contributed by atoms with E-state index in [1.165, 1.54) is 83.8 Å². The highest BCUT2D eigenvalue weighted by atomic mass is 19.1. The Morgan fingerprint density at radius 1 is 0.929 bits per heavy atom. The van der Waals surface area contributed by atoms with Crippen molar-refractivity contribution in [2.75, 3.05) is 10.2 Å². The Hall–Kier alpha value is -5.56. The molecule has 4 aromatic rings. The first kappa shape index (κ1) is 28.0. The van der Waals surface area contributed by atoms with Crippen LogP contribution in [0.25, 0.3) is 11.1 Å². The first-order chi connectivity index (χ1) is 20.0. The lowest BCUT2D eigenvalue weighted by Crippen LogP contribution is -2.43. The summed E-state index contributed by atoms with van der Waals surface area (Å²) in [6.07, 6.45) is 0. The Kier molecular flexibility index (Phi) is 7.18. The van der Waals surface area contributed by atoms with Crippen molar-refractivity contribution in [1.29, 1.82) is 5.26 Å². The van der Waals surface area contributed by atoms with Crippen molar-refractivity contribution < 1.29 is 28.3 Å². The van der Waals surface area contributed by atoms with Gasteiger partial charge in [-0.3, -0.25) is 4.79 Å². The standard InChI is InChI=1S/C32H24F2N4O4/c1-32(2)30(41)38(26-14-8-21(17-35)27(16-26)19-3-9-23(33)10-4-19)31(42)37(32)18-22-5-11-24(34)15-28(22)36-25-12-6-20(7-13-25)29(39)40/h3-16,36H,18H2,1-2H3,(H,39,40). The molecule has 3 amide bonds. The monoisotopic (exact) mass is 566 g/mol. The number of carbonyl (C=O) groups is 3. The summed E-state index contributed by atoms with van der Waals surface area (Å²) in [7, 11) is 0. The summed E-state index contributed by atoms with van der Waals surface area (Å²) >= 11 is 0. The van der Waals surface area contributed by atoms with E-state index in [0.717, 1.165) is 4.90 Å². The number of urea groups is 1. The average molecular weight is 567 g/mol. The van der Waals surface area contributed by atoms with Gasteiger partial charge in [0.05, 0.1) is 29.4 Å². The van der Waals surface area contributed by atoms with E-state index in [2.05, 4.69) is 11.4 Å². The fourth-order valence-electron chi connectivity index (χ4n) is 4.79. The van der Waals surface area contributed by atoms with E-state index in [1.807, 2.05) is 0 Å². The number of nitriles is 1. The molecule has 1 fully saturated rings. The molecular weight excluding hydrogens is 542 g/mol. The highest BCUT2D eigenvalue weighted by Gasteiger charge is 2.52. The smallest absolute Gasteiger partial charge is 0.335 e. The van der Waals surface area contributed by atoms with Crippen molar-refractivity contribution in [3.05, 3.63) is 113 Å². The van der Waals surface area contributed by atoms with Crippen molar-refractivity contribution >= 4 is 35.0 Å². The van der Waals surface area contributed by atoms with E-state index in [-0.39, 0.29) is 17.8 Å². The molecule has 2 N–H and O–H groups in total. The van der Waals surface area contributed by atoms with Gasteiger partial charge < -0.3 is 15.3 Å². The number of carboxylic acid groups (broad SMARTS) is 1. The highest BCUT2D eigenvalue weighted by Crippen LogP contribution is 2.37. The molecule has 10 heteroatoms. The molecule has 0 aliphatic carbocycles. The Labute approximate surface area is 240 Å². The number of carbonyl (C=O) groups excluding carboxylic acids is 2. The van der Waals surface area contributed by atoms with Crippen LogP contribution in [0.5, 0.6) is 0 Å². The largest absolute Gasteiger partial charge is 0.478 e. The SMILES string of the molecule is CC1(C)C(=O)N(c2ccc(C#N)c(-c3ccc(F)cc3)c2)C(=O)N1Cc1ccc(F)cc1Nc1ccc(C(=O)O)cc1. The number of imide groups is 1. The number of hydrogen-bond donors (Lipinski definition) is 2. The Morgan fingerprint density at radius 2 is 1.60 bits per heavy atom. The third-order valence-electron chi connectivity index (χ3n) is 7.17. The number of rotatable bonds is 7. The van der Waals surface area contributed by atoms with Crippen molar-refractivity contribution in [3.63, 3.8) is 0 Å². The van der Waals surface area contributed by atoms with Gasteiger partial charge in [0.15, 0.2) is 0 Å². The molecule has 0 saturated carbocycles. The minimum absolute atomic E-state index is 0.0506. The first-order valence-corrected chi connectivity index (χ1v) is 12.8. The maximum Gasteiger partial charge on any atom is 0.335 e. The lowest BCUT2D eigenvalue weighted by molar-refractivity contribution is -0.123. The summed E-state index contributed by atoms with van der Waals surface area (Å²) < 4.78 is 27.8. The molecular formula is C32H24F2N4O4. The summed E-state index contributed by atoms with van der Waals surface area (Å²) in [6.45, 7) is 3.17. The van der Waals surface area contributed by atoms with Gasteiger partial charge in [-0.25, -0.2) is 23.3 Å². The lowest BCUT2D eigenvalue weighted by Gasteiger charge is -2.28. The quantitative estimate of drug-likeness (QED) is 0.241. The molecule has 0 aromatic heterocycles. The second-order valence-corrected chi connectivity index (χ2v) is 10.2. The van der Waals surface area contributed by atoms with Gasteiger partial charge in [0.2, 0.25) is 0 Å². The maximum absolute atomic E-state index is 14.3. The zero-order valence-electron chi connectivity index (χ0n) is 22.6. The van der Waals surface area contributed by atoms with Crippen LogP contribution in [-0.2, 0) is 11.3 Å². The minimum atomic E-state index is -1.28. The number of nitrogens with one attached hydrogen (secondary N) is 1. The summed E-state index contributed by atoms with van der Waals surface area (Å²) in [4.78, 5) is 41.0. The van der Waals surface area contributed by atoms with Crippen LogP contribution in [0.3, 0.4) is 0 Å². The van der Waals surface area contributed by atoms with Crippen LogP contribution in [0.2, 0.25) is 0 Å². The predicted octanol–water partition coefficient (Wildman–Crippen LogP) is 6.69. The number of anilines is 3. The number of aromatic carboxylic acids is 1. The number of benzene rings is 4. The molecule has 1 heterocycles. The molecule has 0 atom stereocenters. The number of nitrogens with zero attached hydrogens (tertiary/aromatic N) is 3. The van der Waals surface area contributed by atoms with Crippen LogP contribution in [0.15, 0.2) is 84.9 Å². The molecule has 8 nitrogen and oxygen atoms in total. The lowest BCUT2D eigenvalue weighted by atomic mass is 9.98. The molecule has 5 rings (SSSR count). The molecule has 0 bridgehead atoms. The molecule has 210 valence electrons. The van der Waals surface area contributed by atoms with E-state index in [1.54, 1.807) is 19.9 Å². The molecule has 0 radical (unpaired) electrons. The molecule has 0 unspecified atom stereocenters. The summed E-state index contributed by atoms with van der Waals surface area (Å²) in [6, 6.07) is 21.5. The maximum atomic E-state index is 14.3. The molecule has 42 heavy (non-hydrogen) atoms. The molecule has 0 spiro atoms. The van der Waals surface area contributed by atoms with Gasteiger partial charge in [0.1, 0.15) is 17.2 Å². The number of amides is 3. The highest BCUT2D eigenvalue weighted by molar-refractivity contribution is 6.23. The van der Waals surface area contributed by atoms with Crippen molar-refractivity contribution in [3.8, 4) is 17.2 Å². The van der Waals surface area contributed by atoms with Gasteiger partial charge in [-0.15, -0.1) is 0 Å². The summed E-state index contributed by atoms with van der Waals surface area (Å²) in [5.74, 6) is -2.55. The average Bonchev–Trinajstić information content (AvgIpc) is 3.13. The number of hydrogen-bond acceptors (Lipinski definition) is 5. The zero-order chi connectivity index (χ0) is 30.2. The number of carboxylic acids is 1. The molecule has 1 saturated heterocycles. The van der Waals surface area contributed by atoms with E-state index < -0.39 is 35.1 Å². The Morgan fingerprint density at radius 3 is 2.24 bits per heavy atom. The third-order valence-corrected chi connectivity index (χ3v) is 7.17. The Bertz CT molecular complexity index is 1760. The fourth-order valence-corrected chi connectivity index (χ4v) is 4.79. The zero-order valence-corrected chi connectivity index (χ0v) is 22.6. The second-order valence-electron chi connectivity index (χ2n) is 10.2. The second kappa shape index (κ2) is 10.8. The van der Waals surface area contributed by atoms with Crippen LogP contribution >= 0.6 is 0 Å². The van der Waals surface area contributed by atoms with Crippen LogP contribution in [-0.4, -0.2) is 33.5 Å². The Balaban J connectivity index is 1.47. The first-order valence-electron chi connectivity index (χ1n) is 12.8. The van der Waals surface area contributed by atoms with Gasteiger partial charge in [-0.2, -0.15) is 5.26 Å². The van der Waals surface area contributed by atoms with Gasteiger partial charge in [0, 0.05) is 16.9 Å². The van der Waals surface area contributed by atoms with Crippen molar-refractivity contribution in [2.45, 2.75) is 25.9 Å². The van der Waals surface area contributed by atoms with Gasteiger partial charge >= 0.3 is 12.0 Å². The van der Waals surface area contributed by atoms with Crippen LogP contribution in [0, 0.1) is 23.0 Å². The topological polar surface area (TPSA) is 114 Å². The van der Waals surface area contributed by atoms with E-state index in [9.17, 15) is 28.4 Å². The normalized spacial score (nSPS) is 14.2. The van der Waals surface area contributed by atoms with Gasteiger partial charge in [0.25, 0.3) is 5.91 Å². The van der Waals surface area contributed by atoms with E-state index in [0.29, 0.717) is 33.6 Å².